The molecule has 0 aliphatic carbocycles. The summed E-state index contributed by atoms with van der Waals surface area (Å²) < 4.78 is 7.38. The van der Waals surface area contributed by atoms with Crippen LogP contribution in [-0.4, -0.2) is 105 Å². The fraction of sp³-hybridized carbons (Fsp3) is 0.591. The predicted octanol–water partition coefficient (Wildman–Crippen LogP) is 0.169. The standard InChI is InChI=1S/C22H32N10O2/c1-22(33)4-6-30(13-16(22)32-15-27-18-19(23)25-14-26-20(18)32)8-7-29(2)21-24-5-3-17(28-21)31-9-11-34-12-10-31/h3,5,14-16,33H,4,6-13H2,1-2H3,(H2,23,25,26)/t16-,22-/m1/s1. The molecule has 3 aromatic heterocycles. The number of anilines is 3. The average Bonchev–Trinajstić information content (AvgIpc) is 3.29. The van der Waals surface area contributed by atoms with Crippen LogP contribution in [-0.2, 0) is 4.74 Å². The Morgan fingerprint density at radius 1 is 1.21 bits per heavy atom. The van der Waals surface area contributed by atoms with Gasteiger partial charge in [0.1, 0.15) is 17.7 Å². The fourth-order valence-corrected chi connectivity index (χ4v) is 4.66. The molecule has 2 aliphatic rings. The summed E-state index contributed by atoms with van der Waals surface area (Å²) in [5.74, 6) is 1.98. The van der Waals surface area contributed by atoms with Crippen LogP contribution in [0.5, 0.6) is 0 Å². The van der Waals surface area contributed by atoms with E-state index in [2.05, 4.69) is 34.6 Å². The van der Waals surface area contributed by atoms with Crippen LogP contribution in [0.1, 0.15) is 19.4 Å². The highest BCUT2D eigenvalue weighted by Gasteiger charge is 2.39. The van der Waals surface area contributed by atoms with Crippen molar-refractivity contribution in [1.29, 1.82) is 0 Å². The number of imidazole rings is 1. The first kappa shape index (κ1) is 22.7. The highest BCUT2D eigenvalue weighted by Crippen LogP contribution is 2.33. The van der Waals surface area contributed by atoms with E-state index >= 15 is 0 Å². The van der Waals surface area contributed by atoms with Crippen molar-refractivity contribution in [3.8, 4) is 0 Å². The smallest absolute Gasteiger partial charge is 0.227 e. The van der Waals surface area contributed by atoms with E-state index in [1.807, 2.05) is 30.8 Å². The second-order valence-electron chi connectivity index (χ2n) is 9.24. The van der Waals surface area contributed by atoms with Gasteiger partial charge in [-0.05, 0) is 19.4 Å². The molecule has 2 atom stereocenters. The van der Waals surface area contributed by atoms with Crippen molar-refractivity contribution in [2.45, 2.75) is 25.0 Å². The molecule has 182 valence electrons. The van der Waals surface area contributed by atoms with Crippen LogP contribution < -0.4 is 15.5 Å². The molecule has 5 heterocycles. The highest BCUT2D eigenvalue weighted by atomic mass is 16.5. The van der Waals surface area contributed by atoms with Gasteiger partial charge in [0.15, 0.2) is 11.5 Å². The lowest BCUT2D eigenvalue weighted by Crippen LogP contribution is -2.52. The summed E-state index contributed by atoms with van der Waals surface area (Å²) in [5.41, 5.74) is 6.28. The maximum atomic E-state index is 11.2. The molecular weight excluding hydrogens is 436 g/mol. The number of aliphatic hydroxyl groups is 1. The van der Waals surface area contributed by atoms with Gasteiger partial charge in [0.25, 0.3) is 0 Å². The molecule has 2 aliphatic heterocycles. The monoisotopic (exact) mass is 468 g/mol. The molecule has 34 heavy (non-hydrogen) atoms. The molecule has 2 saturated heterocycles. The van der Waals surface area contributed by atoms with Gasteiger partial charge in [-0.1, -0.05) is 0 Å². The number of nitrogens with two attached hydrogens (primary N) is 1. The number of rotatable bonds is 6. The van der Waals surface area contributed by atoms with Gasteiger partial charge in [0.05, 0.1) is 31.2 Å². The van der Waals surface area contributed by atoms with Crippen LogP contribution in [0.15, 0.2) is 24.9 Å². The predicted molar refractivity (Wildman–Crippen MR) is 129 cm³/mol. The molecule has 0 spiro atoms. The number of likely N-dealkylation sites (tertiary alicyclic amines) is 1. The van der Waals surface area contributed by atoms with Gasteiger partial charge in [0.2, 0.25) is 5.95 Å². The summed E-state index contributed by atoms with van der Waals surface area (Å²) in [6.45, 7) is 8.06. The zero-order valence-corrected chi connectivity index (χ0v) is 19.7. The van der Waals surface area contributed by atoms with Crippen LogP contribution in [0, 0.1) is 0 Å². The van der Waals surface area contributed by atoms with E-state index in [-0.39, 0.29) is 6.04 Å². The Labute approximate surface area is 198 Å². The van der Waals surface area contributed by atoms with Crippen molar-refractivity contribution < 1.29 is 9.84 Å². The number of hydrogen-bond acceptors (Lipinski definition) is 11. The lowest BCUT2D eigenvalue weighted by molar-refractivity contribution is -0.0489. The summed E-state index contributed by atoms with van der Waals surface area (Å²) in [6, 6.07) is 1.75. The van der Waals surface area contributed by atoms with Crippen LogP contribution >= 0.6 is 0 Å². The molecular formula is C22H32N10O2. The third-order valence-corrected chi connectivity index (χ3v) is 6.86. The Bertz CT molecular complexity index is 1130. The number of nitrogens with zero attached hydrogens (tertiary/aromatic N) is 9. The van der Waals surface area contributed by atoms with Crippen molar-refractivity contribution in [3.05, 3.63) is 24.9 Å². The summed E-state index contributed by atoms with van der Waals surface area (Å²) >= 11 is 0. The van der Waals surface area contributed by atoms with Gasteiger partial charge >= 0.3 is 0 Å². The number of hydrogen-bond donors (Lipinski definition) is 2. The quantitative estimate of drug-likeness (QED) is 0.512. The number of morpholine rings is 1. The molecule has 0 aromatic carbocycles. The molecule has 12 nitrogen and oxygen atoms in total. The molecule has 0 unspecified atom stereocenters. The fourth-order valence-electron chi connectivity index (χ4n) is 4.66. The molecule has 0 radical (unpaired) electrons. The normalized spacial score (nSPS) is 24.0. The van der Waals surface area contributed by atoms with Crippen molar-refractivity contribution in [1.82, 2.24) is 34.4 Å². The molecule has 0 saturated carbocycles. The first-order chi connectivity index (χ1) is 16.4. The Balaban J connectivity index is 1.26. The molecule has 2 fully saturated rings. The van der Waals surface area contributed by atoms with Crippen LogP contribution in [0.3, 0.4) is 0 Å². The lowest BCUT2D eigenvalue weighted by atomic mass is 9.88. The average molecular weight is 469 g/mol. The Morgan fingerprint density at radius 3 is 2.85 bits per heavy atom. The second kappa shape index (κ2) is 9.28. The summed E-state index contributed by atoms with van der Waals surface area (Å²) in [5, 5.41) is 11.2. The van der Waals surface area contributed by atoms with Crippen molar-refractivity contribution in [2.24, 2.45) is 0 Å². The maximum absolute atomic E-state index is 11.2. The third kappa shape index (κ3) is 4.48. The number of ether oxygens (including phenoxy) is 1. The lowest BCUT2D eigenvalue weighted by Gasteiger charge is -2.43. The molecule has 0 bridgehead atoms. The number of aromatic nitrogens is 6. The maximum Gasteiger partial charge on any atom is 0.227 e. The zero-order chi connectivity index (χ0) is 23.7. The molecule has 5 rings (SSSR count). The first-order valence-corrected chi connectivity index (χ1v) is 11.7. The SMILES string of the molecule is CN(CCN1CC[C@@](C)(O)[C@H](n2cnc3c(N)ncnc32)C1)c1nccc(N2CCOCC2)n1. The summed E-state index contributed by atoms with van der Waals surface area (Å²) in [4.78, 5) is 28.7. The van der Waals surface area contributed by atoms with E-state index in [9.17, 15) is 5.11 Å². The third-order valence-electron chi connectivity index (χ3n) is 6.86. The van der Waals surface area contributed by atoms with E-state index in [1.165, 1.54) is 6.33 Å². The van der Waals surface area contributed by atoms with Gasteiger partial charge in [0, 0.05) is 52.5 Å². The van der Waals surface area contributed by atoms with Crippen LogP contribution in [0.2, 0.25) is 0 Å². The van der Waals surface area contributed by atoms with E-state index in [0.29, 0.717) is 35.9 Å². The Hall–Kier alpha value is -3.09. The van der Waals surface area contributed by atoms with Crippen molar-refractivity contribution in [2.75, 3.05) is 75.1 Å². The van der Waals surface area contributed by atoms with Crippen molar-refractivity contribution >= 4 is 28.7 Å². The highest BCUT2D eigenvalue weighted by molar-refractivity contribution is 5.81. The van der Waals surface area contributed by atoms with E-state index in [1.54, 1.807) is 6.33 Å². The first-order valence-electron chi connectivity index (χ1n) is 11.7. The molecule has 12 heteroatoms. The van der Waals surface area contributed by atoms with E-state index < -0.39 is 5.60 Å². The number of piperidine rings is 1. The zero-order valence-electron chi connectivity index (χ0n) is 19.7. The van der Waals surface area contributed by atoms with Gasteiger partial charge in [-0.25, -0.2) is 19.9 Å². The van der Waals surface area contributed by atoms with Gasteiger partial charge in [-0.3, -0.25) is 4.90 Å². The summed E-state index contributed by atoms with van der Waals surface area (Å²) in [7, 11) is 2.01. The van der Waals surface area contributed by atoms with Crippen LogP contribution in [0.4, 0.5) is 17.6 Å². The number of fused-ring (bicyclic) bond motifs is 1. The van der Waals surface area contributed by atoms with Gasteiger partial charge in [-0.2, -0.15) is 4.98 Å². The second-order valence-corrected chi connectivity index (χ2v) is 9.24. The summed E-state index contributed by atoms with van der Waals surface area (Å²) in [6.07, 6.45) is 5.60. The van der Waals surface area contributed by atoms with Crippen molar-refractivity contribution in [3.63, 3.8) is 0 Å². The largest absolute Gasteiger partial charge is 0.388 e. The minimum absolute atomic E-state index is 0.202. The number of likely N-dealkylation sites (N-methyl/N-ethyl adjacent to an activating group) is 1. The minimum Gasteiger partial charge on any atom is -0.388 e. The van der Waals surface area contributed by atoms with Gasteiger partial charge < -0.3 is 29.9 Å². The van der Waals surface area contributed by atoms with E-state index in [4.69, 9.17) is 15.5 Å². The van der Waals surface area contributed by atoms with Crippen LogP contribution in [0.25, 0.3) is 11.2 Å². The number of nitrogen functional groups attached to an aromatic ring is 1. The molecule has 3 N–H and O–H groups in total. The van der Waals surface area contributed by atoms with Gasteiger partial charge in [-0.15, -0.1) is 0 Å². The molecule has 0 amide bonds. The Morgan fingerprint density at radius 2 is 2.03 bits per heavy atom. The minimum atomic E-state index is -0.884. The topological polar surface area (TPSA) is 135 Å². The van der Waals surface area contributed by atoms with E-state index in [0.717, 1.165) is 51.8 Å². The molecule has 3 aromatic rings. The Kier molecular flexibility index (Phi) is 6.19.